The first-order valence-corrected chi connectivity index (χ1v) is 5.81. The molecule has 0 spiro atoms. The summed E-state index contributed by atoms with van der Waals surface area (Å²) in [5.74, 6) is 0. The predicted molar refractivity (Wildman–Crippen MR) is 61.5 cm³/mol. The van der Waals surface area contributed by atoms with E-state index in [1.807, 2.05) is 0 Å². The van der Waals surface area contributed by atoms with Crippen LogP contribution in [0.1, 0.15) is 16.7 Å². The summed E-state index contributed by atoms with van der Waals surface area (Å²) in [5, 5.41) is 0. The Morgan fingerprint density at radius 3 is 2.64 bits per heavy atom. The van der Waals surface area contributed by atoms with Crippen LogP contribution in [0.2, 0.25) is 0 Å². The van der Waals surface area contributed by atoms with Gasteiger partial charge in [0.05, 0.1) is 7.11 Å². The zero-order chi connectivity index (χ0) is 10.6. The van der Waals surface area contributed by atoms with E-state index in [0.29, 0.717) is 0 Å². The second-order valence-corrected chi connectivity index (χ2v) is 4.13. The third-order valence-corrected chi connectivity index (χ3v) is 3.10. The SMILES string of the molecule is CONCc1cc(SC)cc(C)c1C. The van der Waals surface area contributed by atoms with Crippen LogP contribution in [0.15, 0.2) is 17.0 Å². The van der Waals surface area contributed by atoms with Crippen molar-refractivity contribution in [3.8, 4) is 0 Å². The standard InChI is InChI=1S/C11H17NOS/c1-8-5-11(14-4)6-10(9(8)2)7-12-13-3/h5-6,12H,7H2,1-4H3. The van der Waals surface area contributed by atoms with Gasteiger partial charge < -0.3 is 4.84 Å². The van der Waals surface area contributed by atoms with Crippen LogP contribution in [0.25, 0.3) is 0 Å². The van der Waals surface area contributed by atoms with E-state index in [0.717, 1.165) is 6.54 Å². The van der Waals surface area contributed by atoms with Crippen molar-refractivity contribution in [1.82, 2.24) is 5.48 Å². The molecule has 0 unspecified atom stereocenters. The summed E-state index contributed by atoms with van der Waals surface area (Å²) in [6, 6.07) is 4.43. The maximum Gasteiger partial charge on any atom is 0.0572 e. The highest BCUT2D eigenvalue weighted by Gasteiger charge is 2.03. The number of hydrogen-bond donors (Lipinski definition) is 1. The van der Waals surface area contributed by atoms with Crippen molar-refractivity contribution in [2.45, 2.75) is 25.3 Å². The van der Waals surface area contributed by atoms with Crippen LogP contribution in [0.3, 0.4) is 0 Å². The highest BCUT2D eigenvalue weighted by molar-refractivity contribution is 7.98. The highest BCUT2D eigenvalue weighted by atomic mass is 32.2. The smallest absolute Gasteiger partial charge is 0.0572 e. The van der Waals surface area contributed by atoms with Crippen molar-refractivity contribution in [1.29, 1.82) is 0 Å². The Hall–Kier alpha value is -0.510. The molecule has 0 saturated heterocycles. The average molecular weight is 211 g/mol. The molecular weight excluding hydrogens is 194 g/mol. The molecule has 78 valence electrons. The maximum absolute atomic E-state index is 4.86. The van der Waals surface area contributed by atoms with Crippen molar-refractivity contribution in [3.63, 3.8) is 0 Å². The molecule has 1 aromatic carbocycles. The molecule has 0 saturated carbocycles. The topological polar surface area (TPSA) is 21.3 Å². The van der Waals surface area contributed by atoms with Crippen LogP contribution < -0.4 is 5.48 Å². The third kappa shape index (κ3) is 2.74. The van der Waals surface area contributed by atoms with Crippen LogP contribution >= 0.6 is 11.8 Å². The number of hydroxylamine groups is 1. The third-order valence-electron chi connectivity index (χ3n) is 2.39. The fourth-order valence-electron chi connectivity index (χ4n) is 1.35. The normalized spacial score (nSPS) is 10.6. The van der Waals surface area contributed by atoms with Gasteiger partial charge in [0.2, 0.25) is 0 Å². The monoisotopic (exact) mass is 211 g/mol. The first kappa shape index (κ1) is 11.6. The van der Waals surface area contributed by atoms with Crippen LogP contribution in [-0.2, 0) is 11.4 Å². The molecule has 2 nitrogen and oxygen atoms in total. The van der Waals surface area contributed by atoms with Crippen LogP contribution in [0.5, 0.6) is 0 Å². The Bertz CT molecular complexity index is 312. The minimum absolute atomic E-state index is 0.761. The van der Waals surface area contributed by atoms with E-state index in [-0.39, 0.29) is 0 Å². The van der Waals surface area contributed by atoms with Crippen molar-refractivity contribution in [2.24, 2.45) is 0 Å². The van der Waals surface area contributed by atoms with Gasteiger partial charge in [-0.3, -0.25) is 0 Å². The molecule has 0 heterocycles. The summed E-state index contributed by atoms with van der Waals surface area (Å²) in [6.45, 7) is 5.05. The molecule has 0 amide bonds. The maximum atomic E-state index is 4.86. The molecule has 0 aromatic heterocycles. The van der Waals surface area contributed by atoms with Gasteiger partial charge in [-0.25, -0.2) is 0 Å². The van der Waals surface area contributed by atoms with Crippen LogP contribution in [-0.4, -0.2) is 13.4 Å². The molecule has 0 fully saturated rings. The first-order valence-electron chi connectivity index (χ1n) is 4.59. The van der Waals surface area contributed by atoms with E-state index in [9.17, 15) is 0 Å². The molecule has 1 rings (SSSR count). The summed E-state index contributed by atoms with van der Waals surface area (Å²) in [6.07, 6.45) is 2.09. The molecule has 0 radical (unpaired) electrons. The summed E-state index contributed by atoms with van der Waals surface area (Å²) in [4.78, 5) is 6.16. The van der Waals surface area contributed by atoms with E-state index in [4.69, 9.17) is 4.84 Å². The van der Waals surface area contributed by atoms with Gasteiger partial charge in [0.15, 0.2) is 0 Å². The second kappa shape index (κ2) is 5.39. The first-order chi connectivity index (χ1) is 6.69. The van der Waals surface area contributed by atoms with Gasteiger partial charge in [0, 0.05) is 11.4 Å². The zero-order valence-corrected chi connectivity index (χ0v) is 9.99. The Morgan fingerprint density at radius 1 is 1.36 bits per heavy atom. The lowest BCUT2D eigenvalue weighted by atomic mass is 10.0. The number of rotatable bonds is 4. The largest absolute Gasteiger partial charge is 0.305 e. The molecular formula is C11H17NOS. The van der Waals surface area contributed by atoms with Crippen LogP contribution in [0, 0.1) is 13.8 Å². The molecule has 0 atom stereocenters. The van der Waals surface area contributed by atoms with E-state index < -0.39 is 0 Å². The van der Waals surface area contributed by atoms with Gasteiger partial charge in [-0.15, -0.1) is 11.8 Å². The van der Waals surface area contributed by atoms with Gasteiger partial charge in [0.25, 0.3) is 0 Å². The van der Waals surface area contributed by atoms with E-state index in [2.05, 4.69) is 37.7 Å². The van der Waals surface area contributed by atoms with Gasteiger partial charge in [-0.1, -0.05) is 0 Å². The van der Waals surface area contributed by atoms with Gasteiger partial charge >= 0.3 is 0 Å². The number of hydrogen-bond acceptors (Lipinski definition) is 3. The highest BCUT2D eigenvalue weighted by Crippen LogP contribution is 2.22. The van der Waals surface area contributed by atoms with Gasteiger partial charge in [-0.2, -0.15) is 5.48 Å². The summed E-state index contributed by atoms with van der Waals surface area (Å²) < 4.78 is 0. The lowest BCUT2D eigenvalue weighted by Gasteiger charge is -2.11. The number of thioether (sulfide) groups is 1. The molecule has 1 aromatic rings. The molecule has 14 heavy (non-hydrogen) atoms. The number of benzene rings is 1. The van der Waals surface area contributed by atoms with Crippen molar-refractivity contribution in [2.75, 3.05) is 13.4 Å². The Labute approximate surface area is 90.0 Å². The van der Waals surface area contributed by atoms with E-state index in [1.54, 1.807) is 18.9 Å². The molecule has 1 N–H and O–H groups in total. The van der Waals surface area contributed by atoms with E-state index >= 15 is 0 Å². The fraction of sp³-hybridized carbons (Fsp3) is 0.455. The zero-order valence-electron chi connectivity index (χ0n) is 9.18. The van der Waals surface area contributed by atoms with Crippen molar-refractivity contribution >= 4 is 11.8 Å². The molecule has 3 heteroatoms. The molecule has 0 aliphatic heterocycles. The summed E-state index contributed by atoms with van der Waals surface area (Å²) in [7, 11) is 1.64. The molecule has 0 aliphatic rings. The Balaban J connectivity index is 2.95. The fourth-order valence-corrected chi connectivity index (χ4v) is 1.90. The average Bonchev–Trinajstić information content (AvgIpc) is 2.20. The predicted octanol–water partition coefficient (Wildman–Crippen LogP) is 2.68. The van der Waals surface area contributed by atoms with Crippen molar-refractivity contribution in [3.05, 3.63) is 28.8 Å². The quantitative estimate of drug-likeness (QED) is 0.611. The Kier molecular flexibility index (Phi) is 4.45. The molecule has 0 bridgehead atoms. The lowest BCUT2D eigenvalue weighted by molar-refractivity contribution is 0.0865. The number of nitrogens with one attached hydrogen (secondary N) is 1. The molecule has 0 aliphatic carbocycles. The minimum Gasteiger partial charge on any atom is -0.305 e. The van der Waals surface area contributed by atoms with Crippen molar-refractivity contribution < 1.29 is 4.84 Å². The Morgan fingerprint density at radius 2 is 2.07 bits per heavy atom. The number of aryl methyl sites for hydroxylation is 1. The summed E-state index contributed by atoms with van der Waals surface area (Å²) in [5.41, 5.74) is 6.85. The van der Waals surface area contributed by atoms with Crippen LogP contribution in [0.4, 0.5) is 0 Å². The second-order valence-electron chi connectivity index (χ2n) is 3.25. The van der Waals surface area contributed by atoms with Gasteiger partial charge in [-0.05, 0) is 48.9 Å². The van der Waals surface area contributed by atoms with E-state index in [1.165, 1.54) is 21.6 Å². The van der Waals surface area contributed by atoms with Gasteiger partial charge in [0.1, 0.15) is 0 Å². The lowest BCUT2D eigenvalue weighted by Crippen LogP contribution is -2.12. The summed E-state index contributed by atoms with van der Waals surface area (Å²) >= 11 is 1.77. The minimum atomic E-state index is 0.761.